The fourth-order valence-electron chi connectivity index (χ4n) is 3.39. The van der Waals surface area contributed by atoms with Crippen molar-refractivity contribution in [1.29, 1.82) is 0 Å². The van der Waals surface area contributed by atoms with Crippen molar-refractivity contribution in [3.05, 3.63) is 16.6 Å². The molecule has 1 aliphatic carbocycles. The molecule has 1 aromatic rings. The van der Waals surface area contributed by atoms with Gasteiger partial charge in [0, 0.05) is 36.2 Å². The third-order valence-electron chi connectivity index (χ3n) is 4.82. The van der Waals surface area contributed by atoms with Crippen molar-refractivity contribution in [1.82, 2.24) is 15.2 Å². The summed E-state index contributed by atoms with van der Waals surface area (Å²) in [7, 11) is 0. The van der Waals surface area contributed by atoms with E-state index in [0.29, 0.717) is 11.6 Å². The van der Waals surface area contributed by atoms with Crippen molar-refractivity contribution in [3.63, 3.8) is 0 Å². The van der Waals surface area contributed by atoms with Gasteiger partial charge in [-0.25, -0.2) is 4.98 Å². The molecule has 2 atom stereocenters. The Bertz CT molecular complexity index is 402. The molecule has 1 N–H and O–H groups in total. The van der Waals surface area contributed by atoms with E-state index in [4.69, 9.17) is 0 Å². The lowest BCUT2D eigenvalue weighted by Gasteiger charge is -2.48. The first-order valence-electron chi connectivity index (χ1n) is 7.59. The van der Waals surface area contributed by atoms with Crippen LogP contribution in [0, 0.1) is 5.92 Å². The Balaban J connectivity index is 1.73. The summed E-state index contributed by atoms with van der Waals surface area (Å²) in [6.07, 6.45) is 7.30. The van der Waals surface area contributed by atoms with Gasteiger partial charge in [-0.05, 0) is 32.1 Å². The van der Waals surface area contributed by atoms with E-state index in [2.05, 4.69) is 34.4 Å². The Morgan fingerprint density at radius 1 is 1.53 bits per heavy atom. The average molecular weight is 279 g/mol. The minimum absolute atomic E-state index is 0.343. The third-order valence-corrected chi connectivity index (χ3v) is 5.58. The number of thiazole rings is 1. The standard InChI is InChI=1S/C15H25N3S/c1-3-4-13-9-18(10-14-16-7-8-19-14)15(2,11-17-13)12-5-6-12/h7-8,12-13,17H,3-6,9-11H2,1-2H3. The maximum absolute atomic E-state index is 4.48. The van der Waals surface area contributed by atoms with E-state index >= 15 is 0 Å². The van der Waals surface area contributed by atoms with Gasteiger partial charge in [0.2, 0.25) is 0 Å². The van der Waals surface area contributed by atoms with Crippen LogP contribution in [0.3, 0.4) is 0 Å². The molecule has 0 spiro atoms. The normalized spacial score (nSPS) is 32.6. The van der Waals surface area contributed by atoms with E-state index in [9.17, 15) is 0 Å². The molecule has 0 radical (unpaired) electrons. The van der Waals surface area contributed by atoms with Crippen LogP contribution >= 0.6 is 11.3 Å². The van der Waals surface area contributed by atoms with Crippen molar-refractivity contribution in [3.8, 4) is 0 Å². The monoisotopic (exact) mass is 279 g/mol. The van der Waals surface area contributed by atoms with Crippen LogP contribution in [0.25, 0.3) is 0 Å². The number of hydrogen-bond donors (Lipinski definition) is 1. The van der Waals surface area contributed by atoms with E-state index < -0.39 is 0 Å². The minimum atomic E-state index is 0.343. The molecular formula is C15H25N3S. The molecule has 4 heteroatoms. The molecule has 106 valence electrons. The van der Waals surface area contributed by atoms with Gasteiger partial charge < -0.3 is 5.32 Å². The molecule has 0 aromatic carbocycles. The zero-order valence-corrected chi connectivity index (χ0v) is 12.9. The molecule has 0 bridgehead atoms. The first-order chi connectivity index (χ1) is 9.22. The van der Waals surface area contributed by atoms with Gasteiger partial charge in [-0.1, -0.05) is 13.3 Å². The largest absolute Gasteiger partial charge is 0.311 e. The Morgan fingerprint density at radius 2 is 2.37 bits per heavy atom. The number of rotatable bonds is 5. The van der Waals surface area contributed by atoms with Crippen LogP contribution in [0.4, 0.5) is 0 Å². The predicted molar refractivity (Wildman–Crippen MR) is 80.4 cm³/mol. The fourth-order valence-corrected chi connectivity index (χ4v) is 4.02. The van der Waals surface area contributed by atoms with Gasteiger partial charge in [0.25, 0.3) is 0 Å². The molecule has 19 heavy (non-hydrogen) atoms. The summed E-state index contributed by atoms with van der Waals surface area (Å²) in [4.78, 5) is 7.19. The number of hydrogen-bond acceptors (Lipinski definition) is 4. The Hall–Kier alpha value is -0.450. The van der Waals surface area contributed by atoms with E-state index in [-0.39, 0.29) is 0 Å². The van der Waals surface area contributed by atoms with Gasteiger partial charge >= 0.3 is 0 Å². The Kier molecular flexibility index (Phi) is 3.92. The quantitative estimate of drug-likeness (QED) is 0.898. The maximum atomic E-state index is 4.48. The fraction of sp³-hybridized carbons (Fsp3) is 0.800. The lowest BCUT2D eigenvalue weighted by molar-refractivity contribution is 0.0259. The van der Waals surface area contributed by atoms with Crippen molar-refractivity contribution in [2.24, 2.45) is 5.92 Å². The van der Waals surface area contributed by atoms with Crippen LogP contribution in [0.1, 0.15) is 44.5 Å². The third kappa shape index (κ3) is 2.86. The molecule has 1 saturated carbocycles. The SMILES string of the molecule is CCCC1CN(Cc2nccs2)C(C)(C2CC2)CN1. The zero-order valence-electron chi connectivity index (χ0n) is 12.1. The molecule has 1 aliphatic heterocycles. The minimum Gasteiger partial charge on any atom is -0.311 e. The van der Waals surface area contributed by atoms with Crippen molar-refractivity contribution >= 4 is 11.3 Å². The van der Waals surface area contributed by atoms with Gasteiger partial charge in [0.05, 0.1) is 6.54 Å². The van der Waals surface area contributed by atoms with Crippen LogP contribution in [0.2, 0.25) is 0 Å². The van der Waals surface area contributed by atoms with Crippen LogP contribution in [0.5, 0.6) is 0 Å². The molecule has 3 rings (SSSR count). The van der Waals surface area contributed by atoms with Crippen molar-refractivity contribution < 1.29 is 0 Å². The molecule has 1 aromatic heterocycles. The average Bonchev–Trinajstić information content (AvgIpc) is 3.14. The molecule has 2 unspecified atom stereocenters. The number of piperazine rings is 1. The summed E-state index contributed by atoms with van der Waals surface area (Å²) in [5, 5.41) is 7.14. The number of nitrogens with zero attached hydrogens (tertiary/aromatic N) is 2. The number of nitrogens with one attached hydrogen (secondary N) is 1. The van der Waals surface area contributed by atoms with Crippen LogP contribution in [-0.2, 0) is 6.54 Å². The number of aromatic nitrogens is 1. The molecule has 2 fully saturated rings. The van der Waals surface area contributed by atoms with Gasteiger partial charge in [0.15, 0.2) is 0 Å². The lowest BCUT2D eigenvalue weighted by atomic mass is 9.89. The van der Waals surface area contributed by atoms with Crippen LogP contribution in [0.15, 0.2) is 11.6 Å². The molecular weight excluding hydrogens is 254 g/mol. The first kappa shape index (κ1) is 13.5. The van der Waals surface area contributed by atoms with Gasteiger partial charge in [0.1, 0.15) is 5.01 Å². The molecule has 1 saturated heterocycles. The first-order valence-corrected chi connectivity index (χ1v) is 8.47. The van der Waals surface area contributed by atoms with Gasteiger partial charge in [-0.2, -0.15) is 0 Å². The summed E-state index contributed by atoms with van der Waals surface area (Å²) < 4.78 is 0. The highest BCUT2D eigenvalue weighted by Crippen LogP contribution is 2.44. The van der Waals surface area contributed by atoms with Crippen LogP contribution in [-0.4, -0.2) is 34.6 Å². The van der Waals surface area contributed by atoms with E-state index in [0.717, 1.165) is 19.0 Å². The smallest absolute Gasteiger partial charge is 0.107 e. The zero-order chi connectivity index (χ0) is 13.3. The summed E-state index contributed by atoms with van der Waals surface area (Å²) in [5.41, 5.74) is 0.343. The van der Waals surface area contributed by atoms with E-state index in [1.165, 1.54) is 37.2 Å². The van der Waals surface area contributed by atoms with Crippen molar-refractivity contribution in [2.45, 2.75) is 57.7 Å². The van der Waals surface area contributed by atoms with E-state index in [1.807, 2.05) is 6.20 Å². The van der Waals surface area contributed by atoms with Gasteiger partial charge in [-0.3, -0.25) is 4.90 Å². The summed E-state index contributed by atoms with van der Waals surface area (Å²) in [6, 6.07) is 0.664. The second-order valence-electron chi connectivity index (χ2n) is 6.30. The van der Waals surface area contributed by atoms with Gasteiger partial charge in [-0.15, -0.1) is 11.3 Å². The Morgan fingerprint density at radius 3 is 3.00 bits per heavy atom. The Labute approximate surface area is 120 Å². The summed E-state index contributed by atoms with van der Waals surface area (Å²) in [6.45, 7) is 8.09. The molecule has 0 amide bonds. The topological polar surface area (TPSA) is 28.2 Å². The van der Waals surface area contributed by atoms with E-state index in [1.54, 1.807) is 11.3 Å². The predicted octanol–water partition coefficient (Wildman–Crippen LogP) is 2.89. The highest BCUT2D eigenvalue weighted by molar-refractivity contribution is 7.09. The molecule has 3 nitrogen and oxygen atoms in total. The van der Waals surface area contributed by atoms with Crippen molar-refractivity contribution in [2.75, 3.05) is 13.1 Å². The molecule has 2 aliphatic rings. The lowest BCUT2D eigenvalue weighted by Crippen LogP contribution is -2.63. The summed E-state index contributed by atoms with van der Waals surface area (Å²) >= 11 is 1.79. The second-order valence-corrected chi connectivity index (χ2v) is 7.28. The second kappa shape index (κ2) is 5.51. The maximum Gasteiger partial charge on any atom is 0.107 e. The molecule has 2 heterocycles. The van der Waals surface area contributed by atoms with Crippen LogP contribution < -0.4 is 5.32 Å². The highest BCUT2D eigenvalue weighted by atomic mass is 32.1. The summed E-state index contributed by atoms with van der Waals surface area (Å²) in [5.74, 6) is 0.891. The highest BCUT2D eigenvalue weighted by Gasteiger charge is 2.48.